The number of fused-ring (bicyclic) bond motifs is 1. The summed E-state index contributed by atoms with van der Waals surface area (Å²) in [5.41, 5.74) is 3.28. The molecule has 0 fully saturated rings. The van der Waals surface area contributed by atoms with Gasteiger partial charge in [0.15, 0.2) is 11.5 Å². The lowest BCUT2D eigenvalue weighted by Crippen LogP contribution is -1.98. The topological polar surface area (TPSA) is 18.5 Å². The van der Waals surface area contributed by atoms with Crippen molar-refractivity contribution in [1.82, 2.24) is 0 Å². The molecule has 1 aliphatic heterocycles. The molecule has 0 aromatic heterocycles. The molecule has 2 aromatic rings. The number of hydrogen-bond acceptors (Lipinski definition) is 2. The van der Waals surface area contributed by atoms with Crippen molar-refractivity contribution < 1.29 is 9.47 Å². The van der Waals surface area contributed by atoms with E-state index in [0.717, 1.165) is 33.5 Å². The van der Waals surface area contributed by atoms with Crippen LogP contribution in [0.2, 0.25) is 0 Å². The van der Waals surface area contributed by atoms with Crippen molar-refractivity contribution in [3.63, 3.8) is 0 Å². The van der Waals surface area contributed by atoms with Gasteiger partial charge in [0.2, 0.25) is 0 Å². The van der Waals surface area contributed by atoms with Gasteiger partial charge < -0.3 is 9.47 Å². The van der Waals surface area contributed by atoms with Crippen LogP contribution in [0.25, 0.3) is 0 Å². The molecule has 0 amide bonds. The largest absolute Gasteiger partial charge is 0.490 e. The van der Waals surface area contributed by atoms with E-state index in [-0.39, 0.29) is 5.38 Å². The molecule has 1 unspecified atom stereocenters. The lowest BCUT2D eigenvalue weighted by molar-refractivity contribution is 0.297. The van der Waals surface area contributed by atoms with E-state index in [4.69, 9.17) is 21.1 Å². The average molecular weight is 368 g/mol. The molecule has 0 N–H and O–H groups in total. The van der Waals surface area contributed by atoms with Crippen LogP contribution < -0.4 is 9.47 Å². The highest BCUT2D eigenvalue weighted by atomic mass is 79.9. The van der Waals surface area contributed by atoms with Crippen molar-refractivity contribution in [1.29, 1.82) is 0 Å². The second kappa shape index (κ2) is 6.29. The van der Waals surface area contributed by atoms with Crippen molar-refractivity contribution in [2.75, 3.05) is 13.2 Å². The molecule has 21 heavy (non-hydrogen) atoms. The Hall–Kier alpha value is -1.19. The Morgan fingerprint density at radius 1 is 1.05 bits per heavy atom. The Balaban J connectivity index is 1.97. The molecule has 2 aromatic carbocycles. The third-order valence-electron chi connectivity index (χ3n) is 3.51. The third-order valence-corrected chi connectivity index (χ3v) is 4.68. The molecular formula is C17H16BrClO2. The summed E-state index contributed by atoms with van der Waals surface area (Å²) in [7, 11) is 0. The molecule has 0 radical (unpaired) electrons. The summed E-state index contributed by atoms with van der Waals surface area (Å²) in [6.45, 7) is 3.42. The normalized spacial score (nSPS) is 15.4. The van der Waals surface area contributed by atoms with Gasteiger partial charge in [0, 0.05) is 10.9 Å². The second-order valence-corrected chi connectivity index (χ2v) is 6.43. The van der Waals surface area contributed by atoms with Crippen LogP contribution in [-0.4, -0.2) is 13.2 Å². The minimum absolute atomic E-state index is 0.225. The molecular weight excluding hydrogens is 352 g/mol. The van der Waals surface area contributed by atoms with E-state index in [1.165, 1.54) is 5.56 Å². The zero-order chi connectivity index (χ0) is 14.8. The summed E-state index contributed by atoms with van der Waals surface area (Å²) >= 11 is 10.2. The van der Waals surface area contributed by atoms with Gasteiger partial charge in [-0.2, -0.15) is 0 Å². The molecule has 1 heterocycles. The summed E-state index contributed by atoms with van der Waals surface area (Å²) in [6, 6.07) is 12.2. The van der Waals surface area contributed by atoms with E-state index in [1.807, 2.05) is 12.1 Å². The van der Waals surface area contributed by atoms with Gasteiger partial charge in [-0.3, -0.25) is 0 Å². The number of alkyl halides is 1. The Morgan fingerprint density at radius 2 is 1.67 bits per heavy atom. The first-order valence-corrected chi connectivity index (χ1v) is 8.18. The van der Waals surface area contributed by atoms with Crippen molar-refractivity contribution in [2.45, 2.75) is 18.7 Å². The van der Waals surface area contributed by atoms with Gasteiger partial charge in [-0.15, -0.1) is 11.6 Å². The van der Waals surface area contributed by atoms with Crippen molar-refractivity contribution in [3.8, 4) is 11.5 Å². The fraction of sp³-hybridized carbons (Fsp3) is 0.294. The average Bonchev–Trinajstić information content (AvgIpc) is 2.71. The number of ether oxygens (including phenoxy) is 2. The summed E-state index contributed by atoms with van der Waals surface area (Å²) in [5.74, 6) is 1.54. The Bertz CT molecular complexity index is 640. The van der Waals surface area contributed by atoms with Gasteiger partial charge in [0.1, 0.15) is 0 Å². The van der Waals surface area contributed by atoms with Gasteiger partial charge in [-0.1, -0.05) is 45.8 Å². The number of aryl methyl sites for hydroxylation is 1. The lowest BCUT2D eigenvalue weighted by Gasteiger charge is -2.16. The van der Waals surface area contributed by atoms with E-state index in [2.05, 4.69) is 47.1 Å². The Morgan fingerprint density at radius 3 is 2.33 bits per heavy atom. The summed E-state index contributed by atoms with van der Waals surface area (Å²) in [5, 5.41) is -0.225. The highest BCUT2D eigenvalue weighted by Crippen LogP contribution is 2.41. The lowest BCUT2D eigenvalue weighted by atomic mass is 10.0. The first kappa shape index (κ1) is 14.7. The highest BCUT2D eigenvalue weighted by molar-refractivity contribution is 9.10. The summed E-state index contributed by atoms with van der Waals surface area (Å²) in [6.07, 6.45) is 0.893. The van der Waals surface area contributed by atoms with Crippen LogP contribution in [0.4, 0.5) is 0 Å². The van der Waals surface area contributed by atoms with E-state index >= 15 is 0 Å². The monoisotopic (exact) mass is 366 g/mol. The number of hydrogen-bond donors (Lipinski definition) is 0. The van der Waals surface area contributed by atoms with Crippen LogP contribution in [0.5, 0.6) is 11.5 Å². The van der Waals surface area contributed by atoms with Crippen molar-refractivity contribution >= 4 is 27.5 Å². The minimum atomic E-state index is -0.225. The smallest absolute Gasteiger partial charge is 0.162 e. The molecule has 1 aliphatic rings. The zero-order valence-electron chi connectivity index (χ0n) is 11.7. The van der Waals surface area contributed by atoms with Crippen LogP contribution in [0.15, 0.2) is 40.9 Å². The molecule has 0 saturated carbocycles. The molecule has 3 rings (SSSR count). The molecule has 110 valence electrons. The summed E-state index contributed by atoms with van der Waals surface area (Å²) in [4.78, 5) is 0. The van der Waals surface area contributed by atoms with E-state index in [1.54, 1.807) is 0 Å². The molecule has 0 bridgehead atoms. The van der Waals surface area contributed by atoms with E-state index in [0.29, 0.717) is 13.2 Å². The molecule has 1 atom stereocenters. The standard InChI is InChI=1S/C17H16BrClO2/c1-11-3-5-12(6-4-11)17(19)13-9-15-16(10-14(13)18)21-8-2-7-20-15/h3-6,9-10,17H,2,7-8H2,1H3. The Kier molecular flexibility index (Phi) is 4.41. The SMILES string of the molecule is Cc1ccc(C(Cl)c2cc3c(cc2Br)OCCCO3)cc1. The molecule has 0 aliphatic carbocycles. The minimum Gasteiger partial charge on any atom is -0.490 e. The van der Waals surface area contributed by atoms with Gasteiger partial charge in [-0.05, 0) is 30.2 Å². The van der Waals surface area contributed by atoms with Gasteiger partial charge in [0.25, 0.3) is 0 Å². The molecule has 2 nitrogen and oxygen atoms in total. The first-order valence-electron chi connectivity index (χ1n) is 6.95. The van der Waals surface area contributed by atoms with Gasteiger partial charge in [-0.25, -0.2) is 0 Å². The predicted octanol–water partition coefficient (Wildman–Crippen LogP) is 5.25. The highest BCUT2D eigenvalue weighted by Gasteiger charge is 2.19. The van der Waals surface area contributed by atoms with Crippen LogP contribution in [-0.2, 0) is 0 Å². The van der Waals surface area contributed by atoms with E-state index in [9.17, 15) is 0 Å². The quantitative estimate of drug-likeness (QED) is 0.675. The molecule has 4 heteroatoms. The van der Waals surface area contributed by atoms with Crippen LogP contribution in [0.3, 0.4) is 0 Å². The fourth-order valence-electron chi connectivity index (χ4n) is 2.31. The zero-order valence-corrected chi connectivity index (χ0v) is 14.1. The number of halogens is 2. The maximum atomic E-state index is 6.65. The maximum Gasteiger partial charge on any atom is 0.162 e. The van der Waals surface area contributed by atoms with Crippen molar-refractivity contribution in [3.05, 3.63) is 57.6 Å². The first-order chi connectivity index (χ1) is 10.1. The predicted molar refractivity (Wildman–Crippen MR) is 88.6 cm³/mol. The van der Waals surface area contributed by atoms with E-state index < -0.39 is 0 Å². The Labute approximate surface area is 138 Å². The third kappa shape index (κ3) is 3.19. The van der Waals surface area contributed by atoms with Crippen LogP contribution in [0, 0.1) is 6.92 Å². The van der Waals surface area contributed by atoms with Crippen LogP contribution in [0.1, 0.15) is 28.5 Å². The second-order valence-electron chi connectivity index (χ2n) is 5.14. The number of benzene rings is 2. The summed E-state index contributed by atoms with van der Waals surface area (Å²) < 4.78 is 12.4. The number of rotatable bonds is 2. The van der Waals surface area contributed by atoms with Crippen molar-refractivity contribution in [2.24, 2.45) is 0 Å². The fourth-order valence-corrected chi connectivity index (χ4v) is 3.32. The van der Waals surface area contributed by atoms with Gasteiger partial charge >= 0.3 is 0 Å². The molecule has 0 spiro atoms. The molecule has 0 saturated heterocycles. The maximum absolute atomic E-state index is 6.65. The van der Waals surface area contributed by atoms with Gasteiger partial charge in [0.05, 0.1) is 18.6 Å². The van der Waals surface area contributed by atoms with Crippen LogP contribution >= 0.6 is 27.5 Å².